The summed E-state index contributed by atoms with van der Waals surface area (Å²) in [6.45, 7) is 6.77. The molecule has 2 atom stereocenters. The normalized spacial score (nSPS) is 29.3. The van der Waals surface area contributed by atoms with Crippen molar-refractivity contribution in [2.24, 2.45) is 11.3 Å². The molecule has 0 aromatic rings. The van der Waals surface area contributed by atoms with Crippen LogP contribution in [0.5, 0.6) is 0 Å². The van der Waals surface area contributed by atoms with E-state index in [-0.39, 0.29) is 6.10 Å². The standard InChI is InChI=1S/C12H22O2/c1-5-12(2,3)10-7-6-9(13)8-11(10)14-4/h10-11H,5-8H2,1-4H3. The van der Waals surface area contributed by atoms with Crippen molar-refractivity contribution in [1.29, 1.82) is 0 Å². The third-order valence-corrected chi connectivity index (χ3v) is 3.83. The van der Waals surface area contributed by atoms with Gasteiger partial charge in [-0.1, -0.05) is 27.2 Å². The molecule has 1 saturated carbocycles. The second-order valence-corrected chi connectivity index (χ2v) is 5.00. The van der Waals surface area contributed by atoms with Gasteiger partial charge in [0.25, 0.3) is 0 Å². The SMILES string of the molecule is CCC(C)(C)C1CCC(=O)CC1OC. The van der Waals surface area contributed by atoms with Gasteiger partial charge in [0.15, 0.2) is 0 Å². The fraction of sp³-hybridized carbons (Fsp3) is 0.917. The first-order valence-corrected chi connectivity index (χ1v) is 5.55. The van der Waals surface area contributed by atoms with Gasteiger partial charge >= 0.3 is 0 Å². The lowest BCUT2D eigenvalue weighted by Crippen LogP contribution is -2.40. The third-order valence-electron chi connectivity index (χ3n) is 3.83. The van der Waals surface area contributed by atoms with E-state index in [1.165, 1.54) is 0 Å². The summed E-state index contributed by atoms with van der Waals surface area (Å²) >= 11 is 0. The first-order valence-electron chi connectivity index (χ1n) is 5.55. The number of ether oxygens (including phenoxy) is 1. The summed E-state index contributed by atoms with van der Waals surface area (Å²) in [6.07, 6.45) is 3.65. The maximum absolute atomic E-state index is 11.3. The van der Waals surface area contributed by atoms with E-state index in [0.717, 1.165) is 19.3 Å². The second-order valence-electron chi connectivity index (χ2n) is 5.00. The Morgan fingerprint density at radius 1 is 1.50 bits per heavy atom. The predicted molar refractivity (Wildman–Crippen MR) is 57.2 cm³/mol. The van der Waals surface area contributed by atoms with E-state index in [4.69, 9.17) is 4.74 Å². The Hall–Kier alpha value is -0.370. The van der Waals surface area contributed by atoms with Crippen LogP contribution in [0.1, 0.15) is 46.5 Å². The van der Waals surface area contributed by atoms with Crippen LogP contribution in [-0.4, -0.2) is 19.0 Å². The molecule has 1 aliphatic carbocycles. The molecule has 0 aliphatic heterocycles. The Balaban J connectivity index is 2.72. The maximum Gasteiger partial charge on any atom is 0.135 e. The van der Waals surface area contributed by atoms with Gasteiger partial charge in [-0.05, 0) is 17.8 Å². The molecule has 82 valence electrons. The number of methoxy groups -OCH3 is 1. The highest BCUT2D eigenvalue weighted by Crippen LogP contribution is 2.40. The smallest absolute Gasteiger partial charge is 0.135 e. The van der Waals surface area contributed by atoms with E-state index < -0.39 is 0 Å². The van der Waals surface area contributed by atoms with E-state index in [9.17, 15) is 4.79 Å². The van der Waals surface area contributed by atoms with E-state index in [0.29, 0.717) is 23.5 Å². The minimum atomic E-state index is 0.145. The summed E-state index contributed by atoms with van der Waals surface area (Å²) in [7, 11) is 1.72. The molecule has 0 aromatic heterocycles. The van der Waals surface area contributed by atoms with Crippen molar-refractivity contribution in [3.8, 4) is 0 Å². The number of ketones is 1. The Morgan fingerprint density at radius 3 is 2.64 bits per heavy atom. The van der Waals surface area contributed by atoms with Gasteiger partial charge in [0, 0.05) is 20.0 Å². The summed E-state index contributed by atoms with van der Waals surface area (Å²) in [5.41, 5.74) is 0.293. The molecule has 0 bridgehead atoms. The molecule has 1 rings (SSSR count). The van der Waals surface area contributed by atoms with Crippen LogP contribution >= 0.6 is 0 Å². The Bertz CT molecular complexity index is 208. The average molecular weight is 198 g/mol. The largest absolute Gasteiger partial charge is 0.381 e. The minimum Gasteiger partial charge on any atom is -0.381 e. The van der Waals surface area contributed by atoms with Crippen LogP contribution in [0.3, 0.4) is 0 Å². The highest BCUT2D eigenvalue weighted by molar-refractivity contribution is 5.79. The number of hydrogen-bond donors (Lipinski definition) is 0. The van der Waals surface area contributed by atoms with Crippen molar-refractivity contribution in [1.82, 2.24) is 0 Å². The Kier molecular flexibility index (Phi) is 3.71. The molecule has 1 fully saturated rings. The van der Waals surface area contributed by atoms with Crippen molar-refractivity contribution >= 4 is 5.78 Å². The monoisotopic (exact) mass is 198 g/mol. The fourth-order valence-corrected chi connectivity index (χ4v) is 2.37. The van der Waals surface area contributed by atoms with Crippen LogP contribution in [0.15, 0.2) is 0 Å². The van der Waals surface area contributed by atoms with Gasteiger partial charge in [-0.25, -0.2) is 0 Å². The van der Waals surface area contributed by atoms with Crippen LogP contribution in [0.25, 0.3) is 0 Å². The molecule has 0 saturated heterocycles. The first kappa shape index (κ1) is 11.7. The van der Waals surface area contributed by atoms with Crippen molar-refractivity contribution in [3.63, 3.8) is 0 Å². The molecule has 0 amide bonds. The molecule has 0 heterocycles. The van der Waals surface area contributed by atoms with Gasteiger partial charge in [0.2, 0.25) is 0 Å². The molecule has 0 N–H and O–H groups in total. The van der Waals surface area contributed by atoms with Crippen LogP contribution in [0, 0.1) is 11.3 Å². The molecule has 2 nitrogen and oxygen atoms in total. The number of hydrogen-bond acceptors (Lipinski definition) is 2. The zero-order valence-electron chi connectivity index (χ0n) is 9.80. The van der Waals surface area contributed by atoms with E-state index in [1.54, 1.807) is 7.11 Å². The summed E-state index contributed by atoms with van der Waals surface area (Å²) in [6, 6.07) is 0. The van der Waals surface area contributed by atoms with Crippen molar-refractivity contribution in [3.05, 3.63) is 0 Å². The molecule has 1 aliphatic rings. The van der Waals surface area contributed by atoms with Gasteiger partial charge in [-0.2, -0.15) is 0 Å². The van der Waals surface area contributed by atoms with Gasteiger partial charge in [0.1, 0.15) is 5.78 Å². The Morgan fingerprint density at radius 2 is 2.14 bits per heavy atom. The molecule has 0 spiro atoms. The van der Waals surface area contributed by atoms with Crippen molar-refractivity contribution in [2.45, 2.75) is 52.6 Å². The van der Waals surface area contributed by atoms with Crippen molar-refractivity contribution < 1.29 is 9.53 Å². The highest BCUT2D eigenvalue weighted by Gasteiger charge is 2.38. The van der Waals surface area contributed by atoms with Gasteiger partial charge in [-0.3, -0.25) is 4.79 Å². The predicted octanol–water partition coefficient (Wildman–Crippen LogP) is 2.81. The lowest BCUT2D eigenvalue weighted by molar-refractivity contribution is -0.129. The zero-order chi connectivity index (χ0) is 10.8. The van der Waals surface area contributed by atoms with E-state index >= 15 is 0 Å². The molecule has 0 radical (unpaired) electrons. The number of carbonyl (C=O) groups excluding carboxylic acids is 1. The molecular formula is C12H22O2. The lowest BCUT2D eigenvalue weighted by atomic mass is 9.68. The van der Waals surface area contributed by atoms with Crippen LogP contribution < -0.4 is 0 Å². The maximum atomic E-state index is 11.3. The zero-order valence-corrected chi connectivity index (χ0v) is 9.80. The number of Topliss-reactive ketones (excluding diaryl/α,β-unsaturated/α-hetero) is 1. The van der Waals surface area contributed by atoms with Gasteiger partial charge < -0.3 is 4.74 Å². The molecule has 2 heteroatoms. The average Bonchev–Trinajstić information content (AvgIpc) is 2.17. The molecule has 2 unspecified atom stereocenters. The minimum absolute atomic E-state index is 0.145. The summed E-state index contributed by atoms with van der Waals surface area (Å²) in [5.74, 6) is 0.898. The van der Waals surface area contributed by atoms with Crippen LogP contribution in [-0.2, 0) is 9.53 Å². The topological polar surface area (TPSA) is 26.3 Å². The van der Waals surface area contributed by atoms with Crippen molar-refractivity contribution in [2.75, 3.05) is 7.11 Å². The van der Waals surface area contributed by atoms with Gasteiger partial charge in [0.05, 0.1) is 6.10 Å². The van der Waals surface area contributed by atoms with E-state index in [1.807, 2.05) is 0 Å². The van der Waals surface area contributed by atoms with Crippen LogP contribution in [0.2, 0.25) is 0 Å². The fourth-order valence-electron chi connectivity index (χ4n) is 2.37. The third kappa shape index (κ3) is 2.35. The molecular weight excluding hydrogens is 176 g/mol. The first-order chi connectivity index (χ1) is 6.51. The van der Waals surface area contributed by atoms with E-state index in [2.05, 4.69) is 20.8 Å². The highest BCUT2D eigenvalue weighted by atomic mass is 16.5. The quantitative estimate of drug-likeness (QED) is 0.697. The van der Waals surface area contributed by atoms with Crippen LogP contribution in [0.4, 0.5) is 0 Å². The summed E-state index contributed by atoms with van der Waals surface area (Å²) in [5, 5.41) is 0. The summed E-state index contributed by atoms with van der Waals surface area (Å²) < 4.78 is 5.44. The molecule has 14 heavy (non-hydrogen) atoms. The van der Waals surface area contributed by atoms with Gasteiger partial charge in [-0.15, -0.1) is 0 Å². The number of carbonyl (C=O) groups is 1. The lowest BCUT2D eigenvalue weighted by Gasteiger charge is -2.40. The summed E-state index contributed by atoms with van der Waals surface area (Å²) in [4.78, 5) is 11.3. The number of rotatable bonds is 3. The second kappa shape index (κ2) is 4.43. The Labute approximate surface area is 87.0 Å². The molecule has 0 aromatic carbocycles.